The second-order valence-electron chi connectivity index (χ2n) is 2.60. The summed E-state index contributed by atoms with van der Waals surface area (Å²) in [6, 6.07) is 3.18. The number of rotatable bonds is 4. The zero-order valence-electron chi connectivity index (χ0n) is 6.88. The molecule has 0 bridgehead atoms. The minimum Gasteiger partial charge on any atom is -0.391 e. The molecule has 13 heavy (non-hydrogen) atoms. The van der Waals surface area contributed by atoms with Crippen LogP contribution in [0.25, 0.3) is 0 Å². The van der Waals surface area contributed by atoms with Crippen LogP contribution in [0.4, 0.5) is 0 Å². The number of aliphatic hydroxyl groups excluding tert-OH is 1. The van der Waals surface area contributed by atoms with Crippen molar-refractivity contribution in [1.82, 2.24) is 0 Å². The van der Waals surface area contributed by atoms with Crippen molar-refractivity contribution in [3.05, 3.63) is 17.5 Å². The van der Waals surface area contributed by atoms with E-state index in [1.54, 1.807) is 11.4 Å². The Morgan fingerprint density at radius 3 is 2.77 bits per heavy atom. The lowest BCUT2D eigenvalue weighted by Crippen LogP contribution is -2.28. The second kappa shape index (κ2) is 4.19. The molecule has 0 amide bonds. The summed E-state index contributed by atoms with van der Waals surface area (Å²) in [7, 11) is -3.34. The quantitative estimate of drug-likeness (QED) is 0.740. The summed E-state index contributed by atoms with van der Waals surface area (Å²) in [4.78, 5) is 0. The molecule has 3 N–H and O–H groups in total. The third kappa shape index (κ3) is 2.77. The van der Waals surface area contributed by atoms with Crippen molar-refractivity contribution in [2.45, 2.75) is 10.3 Å². The van der Waals surface area contributed by atoms with Crippen molar-refractivity contribution in [3.8, 4) is 0 Å². The Kier molecular flexibility index (Phi) is 3.43. The number of nitrogens with two attached hydrogens (primary N) is 1. The van der Waals surface area contributed by atoms with E-state index in [0.29, 0.717) is 0 Å². The first-order valence-corrected chi connectivity index (χ1v) is 6.24. The maximum absolute atomic E-state index is 11.5. The summed E-state index contributed by atoms with van der Waals surface area (Å²) in [6.07, 6.45) is -0.980. The van der Waals surface area contributed by atoms with Gasteiger partial charge in [-0.05, 0) is 11.4 Å². The molecule has 6 heteroatoms. The van der Waals surface area contributed by atoms with E-state index in [9.17, 15) is 8.42 Å². The number of sulfone groups is 1. The van der Waals surface area contributed by atoms with Gasteiger partial charge < -0.3 is 10.8 Å². The largest absolute Gasteiger partial charge is 0.391 e. The van der Waals surface area contributed by atoms with Gasteiger partial charge in [-0.15, -0.1) is 11.3 Å². The van der Waals surface area contributed by atoms with E-state index in [1.807, 2.05) is 0 Å². The van der Waals surface area contributed by atoms with Gasteiger partial charge in [-0.3, -0.25) is 0 Å². The molecule has 0 saturated carbocycles. The van der Waals surface area contributed by atoms with Crippen LogP contribution >= 0.6 is 11.3 Å². The molecule has 1 aromatic heterocycles. The second-order valence-corrected chi connectivity index (χ2v) is 5.81. The van der Waals surface area contributed by atoms with E-state index >= 15 is 0 Å². The SMILES string of the molecule is NCC(O)CS(=O)(=O)c1cccs1. The molecule has 0 aromatic carbocycles. The van der Waals surface area contributed by atoms with Crippen LogP contribution in [0.5, 0.6) is 0 Å². The Bertz CT molecular complexity index is 344. The molecule has 0 radical (unpaired) electrons. The fourth-order valence-corrected chi connectivity index (χ4v) is 3.34. The van der Waals surface area contributed by atoms with Gasteiger partial charge in [-0.1, -0.05) is 6.07 Å². The van der Waals surface area contributed by atoms with Crippen LogP contribution in [0, 0.1) is 0 Å². The smallest absolute Gasteiger partial charge is 0.190 e. The highest BCUT2D eigenvalue weighted by atomic mass is 32.2. The molecule has 1 aromatic rings. The summed E-state index contributed by atoms with van der Waals surface area (Å²) >= 11 is 1.14. The first kappa shape index (κ1) is 10.6. The number of thiophene rings is 1. The van der Waals surface area contributed by atoms with E-state index in [4.69, 9.17) is 10.8 Å². The zero-order chi connectivity index (χ0) is 9.90. The van der Waals surface area contributed by atoms with Crippen molar-refractivity contribution in [2.75, 3.05) is 12.3 Å². The first-order valence-electron chi connectivity index (χ1n) is 3.70. The molecule has 0 saturated heterocycles. The summed E-state index contributed by atoms with van der Waals surface area (Å²) in [6.45, 7) is -0.0371. The van der Waals surface area contributed by atoms with Crippen molar-refractivity contribution in [1.29, 1.82) is 0 Å². The summed E-state index contributed by atoms with van der Waals surface area (Å²) in [5.74, 6) is -0.302. The lowest BCUT2D eigenvalue weighted by atomic mass is 10.4. The van der Waals surface area contributed by atoms with E-state index in [0.717, 1.165) is 11.3 Å². The fraction of sp³-hybridized carbons (Fsp3) is 0.429. The third-order valence-corrected chi connectivity index (χ3v) is 4.77. The van der Waals surface area contributed by atoms with Crippen LogP contribution in [-0.2, 0) is 9.84 Å². The fourth-order valence-electron chi connectivity index (χ4n) is 0.844. The molecule has 1 rings (SSSR count). The summed E-state index contributed by atoms with van der Waals surface area (Å²) in [5.41, 5.74) is 5.12. The Morgan fingerprint density at radius 2 is 2.31 bits per heavy atom. The maximum atomic E-state index is 11.5. The van der Waals surface area contributed by atoms with Gasteiger partial charge in [0.1, 0.15) is 4.21 Å². The van der Waals surface area contributed by atoms with E-state index in [2.05, 4.69) is 0 Å². The highest BCUT2D eigenvalue weighted by molar-refractivity contribution is 7.93. The molecule has 1 heterocycles. The normalized spacial score (nSPS) is 14.3. The van der Waals surface area contributed by atoms with Crippen LogP contribution in [0.3, 0.4) is 0 Å². The average Bonchev–Trinajstić information content (AvgIpc) is 2.55. The minimum absolute atomic E-state index is 0.0371. The molecule has 0 aliphatic rings. The van der Waals surface area contributed by atoms with Gasteiger partial charge in [0, 0.05) is 6.54 Å². The van der Waals surface area contributed by atoms with Gasteiger partial charge in [-0.2, -0.15) is 0 Å². The van der Waals surface area contributed by atoms with E-state index in [-0.39, 0.29) is 16.5 Å². The number of hydrogen-bond donors (Lipinski definition) is 2. The lowest BCUT2D eigenvalue weighted by molar-refractivity contribution is 0.205. The molecule has 0 spiro atoms. The zero-order valence-corrected chi connectivity index (χ0v) is 8.51. The average molecular weight is 221 g/mol. The molecule has 0 fully saturated rings. The van der Waals surface area contributed by atoms with Crippen LogP contribution in [0.1, 0.15) is 0 Å². The van der Waals surface area contributed by atoms with Gasteiger partial charge in [0.15, 0.2) is 9.84 Å². The Balaban J connectivity index is 2.79. The highest BCUT2D eigenvalue weighted by Gasteiger charge is 2.19. The van der Waals surface area contributed by atoms with Gasteiger partial charge in [-0.25, -0.2) is 8.42 Å². The Labute approximate surface area is 80.9 Å². The van der Waals surface area contributed by atoms with Crippen LogP contribution < -0.4 is 5.73 Å². The van der Waals surface area contributed by atoms with Gasteiger partial charge in [0.05, 0.1) is 11.9 Å². The van der Waals surface area contributed by atoms with Crippen molar-refractivity contribution >= 4 is 21.2 Å². The molecular weight excluding hydrogens is 210 g/mol. The number of aliphatic hydroxyl groups is 1. The van der Waals surface area contributed by atoms with Crippen LogP contribution in [0.2, 0.25) is 0 Å². The molecule has 4 nitrogen and oxygen atoms in total. The Morgan fingerprint density at radius 1 is 1.62 bits per heavy atom. The molecule has 0 aliphatic carbocycles. The topological polar surface area (TPSA) is 80.4 Å². The van der Waals surface area contributed by atoms with Crippen LogP contribution in [0.15, 0.2) is 21.7 Å². The molecular formula is C7H11NO3S2. The monoisotopic (exact) mass is 221 g/mol. The molecule has 74 valence electrons. The Hall–Kier alpha value is -0.430. The minimum atomic E-state index is -3.34. The molecule has 0 aliphatic heterocycles. The van der Waals surface area contributed by atoms with E-state index < -0.39 is 15.9 Å². The van der Waals surface area contributed by atoms with Gasteiger partial charge >= 0.3 is 0 Å². The first-order chi connectivity index (χ1) is 6.06. The maximum Gasteiger partial charge on any atom is 0.190 e. The number of hydrogen-bond acceptors (Lipinski definition) is 5. The summed E-state index contributed by atoms with van der Waals surface area (Å²) in [5, 5.41) is 10.8. The molecule has 1 atom stereocenters. The van der Waals surface area contributed by atoms with Gasteiger partial charge in [0.25, 0.3) is 0 Å². The lowest BCUT2D eigenvalue weighted by Gasteiger charge is -2.06. The predicted octanol–water partition coefficient (Wildman–Crippen LogP) is -0.159. The van der Waals surface area contributed by atoms with Crippen molar-refractivity contribution < 1.29 is 13.5 Å². The molecule has 1 unspecified atom stereocenters. The predicted molar refractivity (Wildman–Crippen MR) is 51.4 cm³/mol. The summed E-state index contributed by atoms with van der Waals surface area (Å²) < 4.78 is 23.2. The van der Waals surface area contributed by atoms with Crippen LogP contribution in [-0.4, -0.2) is 31.9 Å². The highest BCUT2D eigenvalue weighted by Crippen LogP contribution is 2.17. The third-order valence-electron chi connectivity index (χ3n) is 1.49. The standard InChI is InChI=1S/C7H11NO3S2/c8-4-6(9)5-13(10,11)7-2-1-3-12-7/h1-3,6,9H,4-5,8H2. The van der Waals surface area contributed by atoms with E-state index in [1.165, 1.54) is 6.07 Å². The van der Waals surface area contributed by atoms with Gasteiger partial charge in [0.2, 0.25) is 0 Å². The van der Waals surface area contributed by atoms with Crippen molar-refractivity contribution in [3.63, 3.8) is 0 Å². The van der Waals surface area contributed by atoms with Crippen molar-refractivity contribution in [2.24, 2.45) is 5.73 Å².